The Morgan fingerprint density at radius 2 is 2.14 bits per heavy atom. The molecule has 0 unspecified atom stereocenters. The van der Waals surface area contributed by atoms with Gasteiger partial charge in [-0.15, -0.1) is 0 Å². The van der Waals surface area contributed by atoms with Gasteiger partial charge >= 0.3 is 18.1 Å². The van der Waals surface area contributed by atoms with Crippen LogP contribution in [0.15, 0.2) is 11.6 Å². The average molecular weight is 319 g/mol. The van der Waals surface area contributed by atoms with Crippen LogP contribution in [0.3, 0.4) is 0 Å². The summed E-state index contributed by atoms with van der Waals surface area (Å²) >= 11 is 0. The van der Waals surface area contributed by atoms with Gasteiger partial charge in [-0.2, -0.15) is 18.7 Å². The van der Waals surface area contributed by atoms with Crippen LogP contribution in [-0.4, -0.2) is 59.2 Å². The first-order valence-corrected chi connectivity index (χ1v) is 6.50. The second-order valence-electron chi connectivity index (χ2n) is 4.87. The summed E-state index contributed by atoms with van der Waals surface area (Å²) in [5, 5.41) is 0.364. The highest BCUT2D eigenvalue weighted by atomic mass is 19.3. The van der Waals surface area contributed by atoms with E-state index in [0.717, 1.165) is 4.90 Å². The number of nitrogens with zero attached hydrogens (tertiary/aromatic N) is 2. The Hall–Kier alpha value is -2.23. The molecule has 0 aromatic carbocycles. The number of hydrogen-bond acceptors (Lipinski definition) is 5. The van der Waals surface area contributed by atoms with Gasteiger partial charge in [0.15, 0.2) is 0 Å². The molecule has 2 bridgehead atoms. The second-order valence-corrected chi connectivity index (χ2v) is 4.87. The molecule has 0 aromatic rings. The summed E-state index contributed by atoms with van der Waals surface area (Å²) in [7, 11) is 0. The van der Waals surface area contributed by atoms with Gasteiger partial charge in [0.05, 0.1) is 19.2 Å². The standard InChI is InChI=1S/C12H15F2N3O5/c1-3-21-10(19)12(13,14)22-17-7-4-6(2)8(9(15)18)16(5-7)11(17)20/h4,7-8H,3,5H2,1-2H3,(H2,15,18)/t7-,8+/m1/s1. The number of carbonyl (C=O) groups is 3. The number of esters is 1. The van der Waals surface area contributed by atoms with Crippen LogP contribution < -0.4 is 5.73 Å². The normalized spacial score (nSPS) is 24.4. The van der Waals surface area contributed by atoms with Crippen molar-refractivity contribution in [2.24, 2.45) is 5.73 Å². The first-order chi connectivity index (χ1) is 10.2. The monoisotopic (exact) mass is 319 g/mol. The van der Waals surface area contributed by atoms with Gasteiger partial charge in [-0.1, -0.05) is 6.08 Å². The molecule has 122 valence electrons. The Morgan fingerprint density at radius 3 is 2.68 bits per heavy atom. The van der Waals surface area contributed by atoms with Crippen molar-refractivity contribution in [1.82, 2.24) is 9.96 Å². The fraction of sp³-hybridized carbons (Fsp3) is 0.583. The SMILES string of the molecule is CCOC(=O)C(F)(F)ON1C(=O)N2C[C@H]1C=C(C)[C@H]2C(N)=O. The number of amides is 3. The maximum atomic E-state index is 13.6. The molecule has 2 aliphatic heterocycles. The molecule has 2 heterocycles. The summed E-state index contributed by atoms with van der Waals surface area (Å²) < 4.78 is 31.4. The average Bonchev–Trinajstić information content (AvgIpc) is 2.64. The molecule has 0 radical (unpaired) electrons. The van der Waals surface area contributed by atoms with Crippen LogP contribution in [0.2, 0.25) is 0 Å². The van der Waals surface area contributed by atoms with Crippen molar-refractivity contribution in [3.05, 3.63) is 11.6 Å². The van der Waals surface area contributed by atoms with Crippen LogP contribution in [-0.2, 0) is 19.2 Å². The number of fused-ring (bicyclic) bond motifs is 2. The molecular formula is C12H15F2N3O5. The molecule has 0 saturated carbocycles. The first-order valence-electron chi connectivity index (χ1n) is 6.50. The quantitative estimate of drug-likeness (QED) is 0.567. The van der Waals surface area contributed by atoms with E-state index in [1.807, 2.05) is 0 Å². The Kier molecular flexibility index (Phi) is 4.05. The van der Waals surface area contributed by atoms with Gasteiger partial charge in [0.25, 0.3) is 0 Å². The van der Waals surface area contributed by atoms with Gasteiger partial charge in [-0.3, -0.25) is 4.79 Å². The predicted molar refractivity (Wildman–Crippen MR) is 67.1 cm³/mol. The fourth-order valence-corrected chi connectivity index (χ4v) is 2.46. The summed E-state index contributed by atoms with van der Waals surface area (Å²) in [6.45, 7) is 2.61. The van der Waals surface area contributed by atoms with Crippen LogP contribution in [0.1, 0.15) is 13.8 Å². The van der Waals surface area contributed by atoms with Gasteiger partial charge in [0, 0.05) is 0 Å². The van der Waals surface area contributed by atoms with Crippen molar-refractivity contribution in [3.63, 3.8) is 0 Å². The Morgan fingerprint density at radius 1 is 1.50 bits per heavy atom. The van der Waals surface area contributed by atoms with Gasteiger partial charge < -0.3 is 15.4 Å². The molecular weight excluding hydrogens is 304 g/mol. The topological polar surface area (TPSA) is 102 Å². The highest BCUT2D eigenvalue weighted by Gasteiger charge is 2.53. The number of ether oxygens (including phenoxy) is 1. The van der Waals surface area contributed by atoms with E-state index in [2.05, 4.69) is 9.57 Å². The summed E-state index contributed by atoms with van der Waals surface area (Å²) in [6, 6.07) is -2.83. The highest BCUT2D eigenvalue weighted by molar-refractivity contribution is 5.90. The lowest BCUT2D eigenvalue weighted by atomic mass is 10.0. The van der Waals surface area contributed by atoms with E-state index in [9.17, 15) is 23.2 Å². The molecule has 0 spiro atoms. The molecule has 3 amide bonds. The molecule has 2 atom stereocenters. The molecule has 2 rings (SSSR count). The number of alkyl halides is 2. The Labute approximate surface area is 124 Å². The summed E-state index contributed by atoms with van der Waals surface area (Å²) in [5.74, 6) is -2.68. The van der Waals surface area contributed by atoms with Gasteiger partial charge in [0.1, 0.15) is 6.04 Å². The van der Waals surface area contributed by atoms with Crippen molar-refractivity contribution >= 4 is 17.9 Å². The maximum absolute atomic E-state index is 13.6. The van der Waals surface area contributed by atoms with Crippen LogP contribution in [0.4, 0.5) is 13.6 Å². The van der Waals surface area contributed by atoms with Crippen molar-refractivity contribution in [3.8, 4) is 0 Å². The minimum atomic E-state index is -4.31. The fourth-order valence-electron chi connectivity index (χ4n) is 2.46. The predicted octanol–water partition coefficient (Wildman–Crippen LogP) is -0.00610. The van der Waals surface area contributed by atoms with Crippen molar-refractivity contribution in [1.29, 1.82) is 0 Å². The largest absolute Gasteiger partial charge is 0.477 e. The number of urea groups is 1. The maximum Gasteiger partial charge on any atom is 0.477 e. The van der Waals surface area contributed by atoms with E-state index >= 15 is 0 Å². The summed E-state index contributed by atoms with van der Waals surface area (Å²) in [5.41, 5.74) is 5.66. The number of primary amides is 1. The molecule has 2 N–H and O–H groups in total. The van der Waals surface area contributed by atoms with Gasteiger partial charge in [-0.25, -0.2) is 9.59 Å². The van der Waals surface area contributed by atoms with E-state index in [1.165, 1.54) is 13.0 Å². The molecule has 1 saturated heterocycles. The third-order valence-electron chi connectivity index (χ3n) is 3.31. The lowest BCUT2D eigenvalue weighted by Crippen LogP contribution is -2.48. The minimum absolute atomic E-state index is 0.0390. The van der Waals surface area contributed by atoms with E-state index in [1.54, 1.807) is 6.92 Å². The molecule has 2 aliphatic rings. The number of hydroxylamine groups is 2. The van der Waals surface area contributed by atoms with E-state index in [0.29, 0.717) is 10.6 Å². The zero-order valence-corrected chi connectivity index (χ0v) is 11.9. The van der Waals surface area contributed by atoms with E-state index in [-0.39, 0.29) is 13.2 Å². The van der Waals surface area contributed by atoms with Crippen LogP contribution in [0.25, 0.3) is 0 Å². The van der Waals surface area contributed by atoms with Crippen LogP contribution in [0.5, 0.6) is 0 Å². The zero-order valence-electron chi connectivity index (χ0n) is 11.9. The van der Waals surface area contributed by atoms with Crippen molar-refractivity contribution in [2.75, 3.05) is 13.2 Å². The number of hydrogen-bond donors (Lipinski definition) is 1. The third kappa shape index (κ3) is 2.61. The number of nitrogens with two attached hydrogens (primary N) is 1. The Balaban J connectivity index is 2.20. The molecule has 1 fully saturated rings. The smallest absolute Gasteiger partial charge is 0.460 e. The third-order valence-corrected chi connectivity index (χ3v) is 3.31. The lowest BCUT2D eigenvalue weighted by molar-refractivity contribution is -0.326. The second kappa shape index (κ2) is 5.52. The molecule has 0 aliphatic carbocycles. The van der Waals surface area contributed by atoms with Crippen molar-refractivity contribution < 1.29 is 32.7 Å². The minimum Gasteiger partial charge on any atom is -0.460 e. The van der Waals surface area contributed by atoms with Gasteiger partial charge in [0.2, 0.25) is 5.91 Å². The molecule has 22 heavy (non-hydrogen) atoms. The first kappa shape index (κ1) is 16.1. The molecule has 8 nitrogen and oxygen atoms in total. The van der Waals surface area contributed by atoms with Crippen LogP contribution >= 0.6 is 0 Å². The van der Waals surface area contributed by atoms with Crippen LogP contribution in [0, 0.1) is 0 Å². The lowest BCUT2D eigenvalue weighted by Gasteiger charge is -2.27. The highest BCUT2D eigenvalue weighted by Crippen LogP contribution is 2.32. The summed E-state index contributed by atoms with van der Waals surface area (Å²) in [6.07, 6.45) is -2.88. The number of rotatable bonds is 5. The van der Waals surface area contributed by atoms with Gasteiger partial charge in [-0.05, 0) is 19.4 Å². The van der Waals surface area contributed by atoms with E-state index < -0.39 is 36.1 Å². The summed E-state index contributed by atoms with van der Waals surface area (Å²) in [4.78, 5) is 39.9. The Bertz CT molecular complexity index is 551. The molecule has 0 aromatic heterocycles. The zero-order chi connectivity index (χ0) is 16.7. The van der Waals surface area contributed by atoms with Crippen molar-refractivity contribution in [2.45, 2.75) is 32.0 Å². The number of carbonyl (C=O) groups excluding carboxylic acids is 3. The number of halogens is 2. The van der Waals surface area contributed by atoms with E-state index in [4.69, 9.17) is 5.73 Å². The molecule has 10 heteroatoms.